The fraction of sp³-hybridized carbons (Fsp3) is 0.500. The largest absolute Gasteiger partial charge is 0.473 e. The van der Waals surface area contributed by atoms with Gasteiger partial charge in [0.1, 0.15) is 11.3 Å². The maximum atomic E-state index is 9.10. The van der Waals surface area contributed by atoms with Crippen molar-refractivity contribution in [1.82, 2.24) is 29.4 Å². The van der Waals surface area contributed by atoms with Gasteiger partial charge in [-0.1, -0.05) is 0 Å². The highest BCUT2D eigenvalue weighted by molar-refractivity contribution is 6.27. The second-order valence-corrected chi connectivity index (χ2v) is 8.32. The number of anilines is 1. The van der Waals surface area contributed by atoms with Crippen LogP contribution in [0.3, 0.4) is 0 Å². The normalized spacial score (nSPS) is 14.2. The van der Waals surface area contributed by atoms with Gasteiger partial charge in [-0.2, -0.15) is 0 Å². The van der Waals surface area contributed by atoms with Crippen molar-refractivity contribution in [3.63, 3.8) is 0 Å². The molecule has 0 saturated carbocycles. The second-order valence-electron chi connectivity index (χ2n) is 8.32. The Balaban J connectivity index is 0.000000538. The average Bonchev–Trinajstić information content (AvgIpc) is 3.23. The lowest BCUT2D eigenvalue weighted by Crippen LogP contribution is -2.37. The van der Waals surface area contributed by atoms with Crippen LogP contribution in [-0.4, -0.2) is 90.9 Å². The van der Waals surface area contributed by atoms with Gasteiger partial charge in [-0.05, 0) is 57.0 Å². The lowest BCUT2D eigenvalue weighted by molar-refractivity contribution is -0.159. The van der Waals surface area contributed by atoms with Gasteiger partial charge in [0.25, 0.3) is 0 Å². The standard InChI is InChI=1S/C22H31N7O.C2H2O4/c1-2-30-16-15-29-20(27-19-5-3-8-23-21(19)29)17-18-6-12-28(13-7-18)14-11-26-22-24-9-4-10-25-22;3-1(4)2(5)6/h3-5,8-10,18H,2,6-7,11-17H2,1H3,(H,24,25,26);(H,3,4)(H,5,6). The number of carbonyl (C=O) groups is 2. The van der Waals surface area contributed by atoms with E-state index in [1.807, 2.05) is 25.3 Å². The monoisotopic (exact) mass is 499 g/mol. The molecule has 0 amide bonds. The molecule has 3 N–H and O–H groups in total. The van der Waals surface area contributed by atoms with Crippen LogP contribution in [0, 0.1) is 5.92 Å². The Morgan fingerprint density at radius 2 is 1.75 bits per heavy atom. The summed E-state index contributed by atoms with van der Waals surface area (Å²) in [5, 5.41) is 18.1. The van der Waals surface area contributed by atoms with E-state index in [0.29, 0.717) is 18.5 Å². The first-order chi connectivity index (χ1) is 17.5. The van der Waals surface area contributed by atoms with Crippen LogP contribution in [-0.2, 0) is 27.3 Å². The number of ether oxygens (including phenoxy) is 1. The van der Waals surface area contributed by atoms with E-state index in [9.17, 15) is 0 Å². The number of aromatic nitrogens is 5. The Morgan fingerprint density at radius 3 is 2.42 bits per heavy atom. The molecule has 0 aliphatic carbocycles. The van der Waals surface area contributed by atoms with E-state index in [4.69, 9.17) is 29.5 Å². The summed E-state index contributed by atoms with van der Waals surface area (Å²) in [6.45, 7) is 8.40. The number of likely N-dealkylation sites (tertiary alicyclic amines) is 1. The topological polar surface area (TPSA) is 156 Å². The zero-order chi connectivity index (χ0) is 25.8. The first kappa shape index (κ1) is 27.0. The molecule has 3 aromatic heterocycles. The van der Waals surface area contributed by atoms with Crippen molar-refractivity contribution in [2.75, 3.05) is 44.7 Å². The maximum Gasteiger partial charge on any atom is 0.414 e. The minimum atomic E-state index is -1.82. The number of pyridine rings is 1. The second kappa shape index (κ2) is 14.0. The lowest BCUT2D eigenvalue weighted by atomic mass is 9.93. The number of aliphatic carboxylic acids is 2. The van der Waals surface area contributed by atoms with Crippen LogP contribution in [0.5, 0.6) is 0 Å². The van der Waals surface area contributed by atoms with Crippen LogP contribution in [0.2, 0.25) is 0 Å². The summed E-state index contributed by atoms with van der Waals surface area (Å²) in [5.74, 6) is -1.14. The Bertz CT molecular complexity index is 1090. The van der Waals surface area contributed by atoms with E-state index in [0.717, 1.165) is 62.7 Å². The van der Waals surface area contributed by atoms with Crippen LogP contribution in [0.1, 0.15) is 25.6 Å². The van der Waals surface area contributed by atoms with Crippen LogP contribution < -0.4 is 5.32 Å². The van der Waals surface area contributed by atoms with Gasteiger partial charge < -0.3 is 29.7 Å². The van der Waals surface area contributed by atoms with Crippen LogP contribution in [0.4, 0.5) is 5.95 Å². The van der Waals surface area contributed by atoms with E-state index in [1.165, 1.54) is 12.8 Å². The third-order valence-electron chi connectivity index (χ3n) is 5.88. The Hall–Kier alpha value is -3.64. The van der Waals surface area contributed by atoms with Gasteiger partial charge in [0.2, 0.25) is 5.95 Å². The third-order valence-corrected chi connectivity index (χ3v) is 5.88. The molecule has 4 heterocycles. The van der Waals surface area contributed by atoms with Gasteiger partial charge in [-0.15, -0.1) is 0 Å². The number of piperidine rings is 1. The maximum absolute atomic E-state index is 9.10. The van der Waals surface area contributed by atoms with Crippen LogP contribution in [0.15, 0.2) is 36.8 Å². The molecule has 4 rings (SSSR count). The summed E-state index contributed by atoms with van der Waals surface area (Å²) in [5.41, 5.74) is 1.95. The lowest BCUT2D eigenvalue weighted by Gasteiger charge is -2.31. The van der Waals surface area contributed by atoms with Crippen molar-refractivity contribution >= 4 is 29.1 Å². The van der Waals surface area contributed by atoms with Gasteiger partial charge in [-0.3, -0.25) is 0 Å². The quantitative estimate of drug-likeness (QED) is 0.276. The summed E-state index contributed by atoms with van der Waals surface area (Å²) in [6, 6.07) is 5.84. The number of carboxylic acid groups (broad SMARTS) is 2. The molecule has 1 aliphatic rings. The van der Waals surface area contributed by atoms with Crippen molar-refractivity contribution in [3.05, 3.63) is 42.6 Å². The number of fused-ring (bicyclic) bond motifs is 1. The number of hydrogen-bond acceptors (Lipinski definition) is 9. The smallest absolute Gasteiger partial charge is 0.414 e. The summed E-state index contributed by atoms with van der Waals surface area (Å²) >= 11 is 0. The molecule has 12 nitrogen and oxygen atoms in total. The number of nitrogens with one attached hydrogen (secondary N) is 1. The third kappa shape index (κ3) is 8.24. The van der Waals surface area contributed by atoms with E-state index in [2.05, 4.69) is 35.8 Å². The molecule has 0 aromatic carbocycles. The number of imidazole rings is 1. The van der Waals surface area contributed by atoms with E-state index >= 15 is 0 Å². The van der Waals surface area contributed by atoms with E-state index in [-0.39, 0.29) is 0 Å². The molecule has 12 heteroatoms. The highest BCUT2D eigenvalue weighted by Gasteiger charge is 2.22. The molecule has 1 saturated heterocycles. The Labute approximate surface area is 209 Å². The van der Waals surface area contributed by atoms with Gasteiger partial charge >= 0.3 is 11.9 Å². The van der Waals surface area contributed by atoms with Crippen LogP contribution in [0.25, 0.3) is 11.2 Å². The molecule has 0 radical (unpaired) electrons. The summed E-state index contributed by atoms with van der Waals surface area (Å²) < 4.78 is 7.84. The number of nitrogens with zero attached hydrogens (tertiary/aromatic N) is 6. The van der Waals surface area contributed by atoms with Crippen molar-refractivity contribution < 1.29 is 24.5 Å². The molecule has 194 valence electrons. The minimum absolute atomic E-state index is 0.661. The van der Waals surface area contributed by atoms with Gasteiger partial charge in [-0.25, -0.2) is 29.5 Å². The van der Waals surface area contributed by atoms with Crippen molar-refractivity contribution in [2.24, 2.45) is 5.92 Å². The molecule has 0 spiro atoms. The SMILES string of the molecule is CCOCCn1c(CC2CCN(CCNc3ncccn3)CC2)nc2cccnc21.O=C(O)C(=O)O. The fourth-order valence-electron chi connectivity index (χ4n) is 4.08. The summed E-state index contributed by atoms with van der Waals surface area (Å²) in [6.07, 6.45) is 8.77. The predicted molar refractivity (Wildman–Crippen MR) is 133 cm³/mol. The van der Waals surface area contributed by atoms with Crippen molar-refractivity contribution in [2.45, 2.75) is 32.7 Å². The molecular formula is C24H33N7O5. The van der Waals surface area contributed by atoms with Gasteiger partial charge in [0.05, 0.1) is 6.61 Å². The average molecular weight is 500 g/mol. The Kier molecular flexibility index (Phi) is 10.5. The highest BCUT2D eigenvalue weighted by atomic mass is 16.5. The van der Waals surface area contributed by atoms with Gasteiger partial charge in [0, 0.05) is 51.3 Å². The molecule has 0 atom stereocenters. The van der Waals surface area contributed by atoms with Crippen molar-refractivity contribution in [3.8, 4) is 0 Å². The molecule has 1 fully saturated rings. The Morgan fingerprint density at radius 1 is 1.06 bits per heavy atom. The zero-order valence-electron chi connectivity index (χ0n) is 20.4. The number of rotatable bonds is 10. The van der Waals surface area contributed by atoms with E-state index < -0.39 is 11.9 Å². The zero-order valence-corrected chi connectivity index (χ0v) is 20.4. The van der Waals surface area contributed by atoms with Crippen LogP contribution >= 0.6 is 0 Å². The molecule has 3 aromatic rings. The van der Waals surface area contributed by atoms with Gasteiger partial charge in [0.15, 0.2) is 5.65 Å². The number of hydrogen-bond donors (Lipinski definition) is 3. The number of carboxylic acids is 2. The molecule has 36 heavy (non-hydrogen) atoms. The minimum Gasteiger partial charge on any atom is -0.473 e. The van der Waals surface area contributed by atoms with E-state index in [1.54, 1.807) is 12.4 Å². The molecule has 1 aliphatic heterocycles. The van der Waals surface area contributed by atoms with Crippen molar-refractivity contribution in [1.29, 1.82) is 0 Å². The highest BCUT2D eigenvalue weighted by Crippen LogP contribution is 2.23. The predicted octanol–water partition coefficient (Wildman–Crippen LogP) is 1.78. The molecule has 0 bridgehead atoms. The summed E-state index contributed by atoms with van der Waals surface area (Å²) in [7, 11) is 0. The first-order valence-electron chi connectivity index (χ1n) is 12.0. The fourth-order valence-corrected chi connectivity index (χ4v) is 4.08. The molecule has 0 unspecified atom stereocenters. The summed E-state index contributed by atoms with van der Waals surface area (Å²) in [4.78, 5) is 38.6. The first-order valence-corrected chi connectivity index (χ1v) is 12.0. The molecular weight excluding hydrogens is 466 g/mol.